The summed E-state index contributed by atoms with van der Waals surface area (Å²) in [6.07, 6.45) is 9.60. The molecule has 16 heavy (non-hydrogen) atoms. The van der Waals surface area contributed by atoms with Gasteiger partial charge in [-0.3, -0.25) is 4.79 Å². The van der Waals surface area contributed by atoms with Gasteiger partial charge in [-0.05, 0) is 55.8 Å². The van der Waals surface area contributed by atoms with Crippen molar-refractivity contribution in [3.63, 3.8) is 0 Å². The predicted molar refractivity (Wildman–Crippen MR) is 62.1 cm³/mol. The topological polar surface area (TPSA) is 37.3 Å². The van der Waals surface area contributed by atoms with Crippen LogP contribution in [-0.2, 0) is 4.79 Å². The third kappa shape index (κ3) is 1.42. The van der Waals surface area contributed by atoms with E-state index in [9.17, 15) is 4.79 Å². The Morgan fingerprint density at radius 1 is 1.38 bits per heavy atom. The maximum absolute atomic E-state index is 11.1. The summed E-state index contributed by atoms with van der Waals surface area (Å²) in [5.41, 5.74) is 0.375. The van der Waals surface area contributed by atoms with Gasteiger partial charge in [0, 0.05) is 0 Å². The van der Waals surface area contributed by atoms with Crippen molar-refractivity contribution in [2.24, 2.45) is 22.7 Å². The van der Waals surface area contributed by atoms with Gasteiger partial charge in [0.15, 0.2) is 0 Å². The number of rotatable bonds is 4. The molecule has 0 radical (unpaired) electrons. The van der Waals surface area contributed by atoms with Gasteiger partial charge >= 0.3 is 5.97 Å². The average Bonchev–Trinajstić information content (AvgIpc) is 3.07. The standard InChI is InChI=1S/C14H22O2/c1-10-3-2-5-14(10)9-11(14)4-6-13(7-8-13)12(15)16/h10-11H,2-9H2,1H3,(H,15,16). The van der Waals surface area contributed by atoms with Crippen molar-refractivity contribution in [2.75, 3.05) is 0 Å². The molecule has 0 aromatic rings. The Hall–Kier alpha value is -0.530. The highest BCUT2D eigenvalue weighted by Crippen LogP contribution is 2.68. The first-order valence-corrected chi connectivity index (χ1v) is 6.82. The molecule has 0 bridgehead atoms. The Kier molecular flexibility index (Phi) is 2.15. The molecule has 0 saturated heterocycles. The van der Waals surface area contributed by atoms with Gasteiger partial charge in [-0.15, -0.1) is 0 Å². The predicted octanol–water partition coefficient (Wildman–Crippen LogP) is 3.46. The Morgan fingerprint density at radius 3 is 2.62 bits per heavy atom. The third-order valence-electron chi connectivity index (χ3n) is 5.82. The van der Waals surface area contributed by atoms with Gasteiger partial charge in [-0.2, -0.15) is 0 Å². The maximum atomic E-state index is 11.1. The molecule has 3 saturated carbocycles. The van der Waals surface area contributed by atoms with Crippen molar-refractivity contribution < 1.29 is 9.90 Å². The zero-order valence-corrected chi connectivity index (χ0v) is 10.2. The van der Waals surface area contributed by atoms with Crippen LogP contribution in [0.15, 0.2) is 0 Å². The second-order valence-corrected chi connectivity index (χ2v) is 6.55. The van der Waals surface area contributed by atoms with E-state index in [4.69, 9.17) is 5.11 Å². The fourth-order valence-corrected chi connectivity index (χ4v) is 4.14. The molecule has 0 amide bonds. The van der Waals surface area contributed by atoms with Gasteiger partial charge in [0.2, 0.25) is 0 Å². The highest BCUT2D eigenvalue weighted by molar-refractivity contribution is 5.77. The largest absolute Gasteiger partial charge is 0.481 e. The minimum atomic E-state index is -0.540. The molecule has 2 heteroatoms. The molecule has 3 aliphatic rings. The van der Waals surface area contributed by atoms with Crippen LogP contribution in [0, 0.1) is 22.7 Å². The Morgan fingerprint density at radius 2 is 2.12 bits per heavy atom. The number of carboxylic acids is 1. The van der Waals surface area contributed by atoms with E-state index in [2.05, 4.69) is 6.92 Å². The zero-order chi connectivity index (χ0) is 11.4. The highest BCUT2D eigenvalue weighted by Gasteiger charge is 2.59. The van der Waals surface area contributed by atoms with E-state index in [0.29, 0.717) is 5.41 Å². The summed E-state index contributed by atoms with van der Waals surface area (Å²) < 4.78 is 0. The molecular weight excluding hydrogens is 200 g/mol. The normalized spacial score (nSPS) is 43.6. The van der Waals surface area contributed by atoms with Gasteiger partial charge in [-0.25, -0.2) is 0 Å². The fraction of sp³-hybridized carbons (Fsp3) is 0.929. The molecule has 90 valence electrons. The van der Waals surface area contributed by atoms with Crippen LogP contribution < -0.4 is 0 Å². The lowest BCUT2D eigenvalue weighted by atomic mass is 9.88. The number of carbonyl (C=O) groups is 1. The van der Waals surface area contributed by atoms with Gasteiger partial charge in [0.25, 0.3) is 0 Å². The van der Waals surface area contributed by atoms with Crippen LogP contribution in [0.25, 0.3) is 0 Å². The van der Waals surface area contributed by atoms with Crippen LogP contribution in [0.4, 0.5) is 0 Å². The molecule has 2 nitrogen and oxygen atoms in total. The summed E-state index contributed by atoms with van der Waals surface area (Å²) in [6, 6.07) is 0. The van der Waals surface area contributed by atoms with Crippen molar-refractivity contribution in [1.82, 2.24) is 0 Å². The van der Waals surface area contributed by atoms with Crippen molar-refractivity contribution in [3.8, 4) is 0 Å². The van der Waals surface area contributed by atoms with E-state index in [-0.39, 0.29) is 5.41 Å². The summed E-state index contributed by atoms with van der Waals surface area (Å²) in [5.74, 6) is 1.22. The monoisotopic (exact) mass is 222 g/mol. The van der Waals surface area contributed by atoms with Crippen LogP contribution in [0.2, 0.25) is 0 Å². The van der Waals surface area contributed by atoms with Crippen LogP contribution in [0.5, 0.6) is 0 Å². The van der Waals surface area contributed by atoms with Crippen LogP contribution in [0.3, 0.4) is 0 Å². The Bertz CT molecular complexity index is 319. The molecule has 0 heterocycles. The zero-order valence-electron chi connectivity index (χ0n) is 10.2. The van der Waals surface area contributed by atoms with Crippen molar-refractivity contribution in [1.29, 1.82) is 0 Å². The van der Waals surface area contributed by atoms with Crippen molar-refractivity contribution in [2.45, 2.75) is 58.3 Å². The first-order valence-electron chi connectivity index (χ1n) is 6.82. The minimum Gasteiger partial charge on any atom is -0.481 e. The van der Waals surface area contributed by atoms with E-state index >= 15 is 0 Å². The molecule has 3 fully saturated rings. The number of carboxylic acid groups (broad SMARTS) is 1. The summed E-state index contributed by atoms with van der Waals surface area (Å²) in [7, 11) is 0. The summed E-state index contributed by atoms with van der Waals surface area (Å²) in [6.45, 7) is 2.40. The minimum absolute atomic E-state index is 0.286. The lowest BCUT2D eigenvalue weighted by molar-refractivity contribution is -0.143. The third-order valence-corrected chi connectivity index (χ3v) is 5.82. The average molecular weight is 222 g/mol. The molecule has 3 aliphatic carbocycles. The molecule has 1 spiro atoms. The lowest BCUT2D eigenvalue weighted by Gasteiger charge is -2.16. The smallest absolute Gasteiger partial charge is 0.309 e. The lowest BCUT2D eigenvalue weighted by Crippen LogP contribution is -2.16. The second kappa shape index (κ2) is 3.24. The summed E-state index contributed by atoms with van der Waals surface area (Å²) >= 11 is 0. The van der Waals surface area contributed by atoms with Gasteiger partial charge < -0.3 is 5.11 Å². The van der Waals surface area contributed by atoms with E-state index < -0.39 is 5.97 Å². The quantitative estimate of drug-likeness (QED) is 0.791. The fourth-order valence-electron chi connectivity index (χ4n) is 4.14. The van der Waals surface area contributed by atoms with E-state index in [0.717, 1.165) is 31.1 Å². The number of hydrogen-bond donors (Lipinski definition) is 1. The van der Waals surface area contributed by atoms with Crippen LogP contribution >= 0.6 is 0 Å². The van der Waals surface area contributed by atoms with E-state index in [1.165, 1.54) is 32.1 Å². The molecule has 0 aromatic carbocycles. The summed E-state index contributed by atoms with van der Waals surface area (Å²) in [4.78, 5) is 11.1. The van der Waals surface area contributed by atoms with Gasteiger partial charge in [-0.1, -0.05) is 19.8 Å². The van der Waals surface area contributed by atoms with Gasteiger partial charge in [0.1, 0.15) is 0 Å². The number of aliphatic carboxylic acids is 1. The molecule has 3 rings (SSSR count). The van der Waals surface area contributed by atoms with E-state index in [1.54, 1.807) is 0 Å². The van der Waals surface area contributed by atoms with Crippen molar-refractivity contribution in [3.05, 3.63) is 0 Å². The summed E-state index contributed by atoms with van der Waals surface area (Å²) in [5, 5.41) is 9.15. The molecule has 3 atom stereocenters. The molecular formula is C14H22O2. The Labute approximate surface area is 97.4 Å². The molecule has 1 N–H and O–H groups in total. The van der Waals surface area contributed by atoms with Crippen molar-refractivity contribution >= 4 is 5.97 Å². The second-order valence-electron chi connectivity index (χ2n) is 6.55. The van der Waals surface area contributed by atoms with Crippen LogP contribution in [0.1, 0.15) is 58.3 Å². The first kappa shape index (κ1) is 10.6. The number of hydrogen-bond acceptors (Lipinski definition) is 1. The SMILES string of the molecule is CC1CCCC12CC2CCC1(C(=O)O)CC1. The first-order chi connectivity index (χ1) is 7.59. The van der Waals surface area contributed by atoms with Gasteiger partial charge in [0.05, 0.1) is 5.41 Å². The van der Waals surface area contributed by atoms with Crippen LogP contribution in [-0.4, -0.2) is 11.1 Å². The maximum Gasteiger partial charge on any atom is 0.309 e. The Balaban J connectivity index is 1.53. The highest BCUT2D eigenvalue weighted by atomic mass is 16.4. The molecule has 0 aromatic heterocycles. The van der Waals surface area contributed by atoms with E-state index in [1.807, 2.05) is 0 Å². The molecule has 0 aliphatic heterocycles. The molecule has 3 unspecified atom stereocenters.